The van der Waals surface area contributed by atoms with Crippen LogP contribution >= 0.6 is 0 Å². The number of rotatable bonds is 8. The molecule has 1 aliphatic heterocycles. The van der Waals surface area contributed by atoms with Gasteiger partial charge in [0.1, 0.15) is 18.1 Å². The summed E-state index contributed by atoms with van der Waals surface area (Å²) in [5, 5.41) is 2.66. The van der Waals surface area contributed by atoms with E-state index in [-0.39, 0.29) is 24.6 Å². The minimum Gasteiger partial charge on any atom is -0.492 e. The number of benzene rings is 2. The molecular formula is C20H25N3O7S2. The molecule has 0 fully saturated rings. The number of ether oxygens (including phenoxy) is 2. The molecule has 174 valence electrons. The van der Waals surface area contributed by atoms with Gasteiger partial charge in [-0.3, -0.25) is 9.10 Å². The number of sulfonamides is 2. The van der Waals surface area contributed by atoms with Crippen molar-refractivity contribution in [1.29, 1.82) is 0 Å². The van der Waals surface area contributed by atoms with E-state index < -0.39 is 32.1 Å². The lowest BCUT2D eigenvalue weighted by molar-refractivity contribution is -0.127. The second kappa shape index (κ2) is 9.35. The van der Waals surface area contributed by atoms with Crippen molar-refractivity contribution in [1.82, 2.24) is 9.62 Å². The second-order valence-corrected chi connectivity index (χ2v) is 11.3. The van der Waals surface area contributed by atoms with E-state index in [1.165, 1.54) is 38.4 Å². The zero-order chi connectivity index (χ0) is 23.5. The molecule has 1 aliphatic rings. The molecule has 0 radical (unpaired) electrons. The molecule has 12 heteroatoms. The van der Waals surface area contributed by atoms with Crippen LogP contribution in [0, 0.1) is 0 Å². The molecule has 1 amide bonds. The Bertz CT molecular complexity index is 1180. The Labute approximate surface area is 187 Å². The number of para-hydroxylation sites is 2. The molecule has 32 heavy (non-hydrogen) atoms. The predicted octanol–water partition coefficient (Wildman–Crippen LogP) is 0.659. The number of carbonyl (C=O) groups excluding carboxylic acids is 1. The molecule has 0 aromatic heterocycles. The quantitative estimate of drug-likeness (QED) is 0.547. The highest BCUT2D eigenvalue weighted by molar-refractivity contribution is 7.92. The van der Waals surface area contributed by atoms with E-state index in [4.69, 9.17) is 9.47 Å². The Balaban J connectivity index is 1.54. The van der Waals surface area contributed by atoms with Gasteiger partial charge in [-0.1, -0.05) is 12.1 Å². The third kappa shape index (κ3) is 5.31. The van der Waals surface area contributed by atoms with Crippen LogP contribution in [0.4, 0.5) is 5.69 Å². The van der Waals surface area contributed by atoms with Gasteiger partial charge < -0.3 is 14.8 Å². The maximum absolute atomic E-state index is 12.5. The van der Waals surface area contributed by atoms with Gasteiger partial charge in [-0.15, -0.1) is 0 Å². The van der Waals surface area contributed by atoms with Crippen LogP contribution in [0.5, 0.6) is 11.5 Å². The predicted molar refractivity (Wildman–Crippen MR) is 119 cm³/mol. The molecule has 0 aliphatic carbocycles. The maximum Gasteiger partial charge on any atom is 0.263 e. The topological polar surface area (TPSA) is 122 Å². The summed E-state index contributed by atoms with van der Waals surface area (Å²) in [5.41, 5.74) is 0.391. The van der Waals surface area contributed by atoms with Crippen molar-refractivity contribution >= 4 is 31.6 Å². The van der Waals surface area contributed by atoms with E-state index in [0.717, 1.165) is 14.9 Å². The molecular weight excluding hydrogens is 458 g/mol. The summed E-state index contributed by atoms with van der Waals surface area (Å²) in [6.45, 7) is 0.145. The average molecular weight is 484 g/mol. The monoisotopic (exact) mass is 483 g/mol. The van der Waals surface area contributed by atoms with Crippen LogP contribution in [0.15, 0.2) is 53.4 Å². The number of nitrogens with one attached hydrogen (secondary N) is 1. The summed E-state index contributed by atoms with van der Waals surface area (Å²) in [6, 6.07) is 12.6. The molecule has 2 aromatic rings. The van der Waals surface area contributed by atoms with E-state index in [9.17, 15) is 21.6 Å². The lowest BCUT2D eigenvalue weighted by Crippen LogP contribution is -2.51. The molecule has 0 unspecified atom stereocenters. The normalized spacial score (nSPS) is 16.2. The smallest absolute Gasteiger partial charge is 0.263 e. The number of carbonyl (C=O) groups is 1. The van der Waals surface area contributed by atoms with E-state index >= 15 is 0 Å². The maximum atomic E-state index is 12.5. The fourth-order valence-corrected chi connectivity index (χ4v) is 4.84. The summed E-state index contributed by atoms with van der Waals surface area (Å²) in [4.78, 5) is 12.7. The molecule has 1 atom stereocenters. The van der Waals surface area contributed by atoms with Crippen molar-refractivity contribution in [3.63, 3.8) is 0 Å². The van der Waals surface area contributed by atoms with Crippen LogP contribution in [0.3, 0.4) is 0 Å². The summed E-state index contributed by atoms with van der Waals surface area (Å²) < 4.78 is 61.9. The second-order valence-electron chi connectivity index (χ2n) is 7.27. The van der Waals surface area contributed by atoms with Gasteiger partial charge in [0.25, 0.3) is 5.91 Å². The van der Waals surface area contributed by atoms with E-state index in [1.807, 2.05) is 0 Å². The Hall–Kier alpha value is -2.83. The minimum atomic E-state index is -3.58. The zero-order valence-corrected chi connectivity index (χ0v) is 19.5. The van der Waals surface area contributed by atoms with Crippen molar-refractivity contribution in [3.8, 4) is 11.5 Å². The van der Waals surface area contributed by atoms with Crippen LogP contribution in [-0.2, 0) is 24.8 Å². The van der Waals surface area contributed by atoms with Crippen LogP contribution in [0.1, 0.15) is 0 Å². The molecule has 10 nitrogen and oxygen atoms in total. The molecule has 3 rings (SSSR count). The van der Waals surface area contributed by atoms with Crippen molar-refractivity contribution in [2.24, 2.45) is 0 Å². The number of amides is 1. The summed E-state index contributed by atoms with van der Waals surface area (Å²) in [5.74, 6) is 0.292. The average Bonchev–Trinajstić information content (AvgIpc) is 2.75. The first kappa shape index (κ1) is 23.8. The lowest BCUT2D eigenvalue weighted by atomic mass is 10.2. The van der Waals surface area contributed by atoms with Gasteiger partial charge in [0.2, 0.25) is 20.0 Å². The number of nitrogens with zero attached hydrogens (tertiary/aromatic N) is 2. The van der Waals surface area contributed by atoms with Gasteiger partial charge in [0, 0.05) is 14.1 Å². The summed E-state index contributed by atoms with van der Waals surface area (Å²) in [6.07, 6.45) is 0.0719. The lowest BCUT2D eigenvalue weighted by Gasteiger charge is -2.33. The van der Waals surface area contributed by atoms with Gasteiger partial charge in [0.05, 0.1) is 29.9 Å². The zero-order valence-electron chi connectivity index (χ0n) is 17.9. The Morgan fingerprint density at radius 2 is 1.78 bits per heavy atom. The minimum absolute atomic E-state index is 0.130. The molecule has 0 spiro atoms. The number of fused-ring (bicyclic) bond motifs is 1. The highest BCUT2D eigenvalue weighted by Crippen LogP contribution is 2.34. The van der Waals surface area contributed by atoms with Crippen LogP contribution in [0.2, 0.25) is 0 Å². The Kier molecular flexibility index (Phi) is 6.96. The highest BCUT2D eigenvalue weighted by Gasteiger charge is 2.34. The molecule has 1 N–H and O–H groups in total. The summed E-state index contributed by atoms with van der Waals surface area (Å²) in [7, 11) is -4.20. The van der Waals surface area contributed by atoms with Gasteiger partial charge in [-0.25, -0.2) is 21.1 Å². The van der Waals surface area contributed by atoms with Crippen LogP contribution in [-0.4, -0.2) is 73.2 Å². The van der Waals surface area contributed by atoms with Gasteiger partial charge >= 0.3 is 0 Å². The molecule has 0 saturated heterocycles. The van der Waals surface area contributed by atoms with E-state index in [2.05, 4.69) is 5.32 Å². The molecule has 1 heterocycles. The Morgan fingerprint density at radius 1 is 1.12 bits per heavy atom. The standard InChI is InChI=1S/C20H25N3O7S2/c1-22(2)32(27,28)16-10-8-15(9-11-16)29-13-12-21-20(24)19-14-23(31(3,25)26)17-6-4-5-7-18(17)30-19/h4-11,19H,12-14H2,1-3H3,(H,21,24)/t19-/m1/s1. The van der Waals surface area contributed by atoms with Crippen LogP contribution < -0.4 is 19.1 Å². The Morgan fingerprint density at radius 3 is 2.41 bits per heavy atom. The van der Waals surface area contributed by atoms with Crippen LogP contribution in [0.25, 0.3) is 0 Å². The number of anilines is 1. The van der Waals surface area contributed by atoms with Gasteiger partial charge in [-0.05, 0) is 36.4 Å². The van der Waals surface area contributed by atoms with E-state index in [0.29, 0.717) is 17.2 Å². The summed E-state index contributed by atoms with van der Waals surface area (Å²) >= 11 is 0. The molecule has 2 aromatic carbocycles. The highest BCUT2D eigenvalue weighted by atomic mass is 32.2. The van der Waals surface area contributed by atoms with Crippen molar-refractivity contribution in [2.45, 2.75) is 11.0 Å². The third-order valence-electron chi connectivity index (χ3n) is 4.70. The fraction of sp³-hybridized carbons (Fsp3) is 0.350. The molecule has 0 saturated carbocycles. The first-order chi connectivity index (χ1) is 15.0. The van der Waals surface area contributed by atoms with Gasteiger partial charge in [-0.2, -0.15) is 0 Å². The fourth-order valence-electron chi connectivity index (χ4n) is 3.03. The van der Waals surface area contributed by atoms with Crippen molar-refractivity contribution in [2.75, 3.05) is 44.4 Å². The third-order valence-corrected chi connectivity index (χ3v) is 7.68. The number of hydrogen-bond donors (Lipinski definition) is 1. The van der Waals surface area contributed by atoms with E-state index in [1.54, 1.807) is 24.3 Å². The SMILES string of the molecule is CN(C)S(=O)(=O)c1ccc(OCCNC(=O)[C@H]2CN(S(C)(=O)=O)c3ccccc3O2)cc1. The first-order valence-corrected chi connectivity index (χ1v) is 13.0. The van der Waals surface area contributed by atoms with Crippen molar-refractivity contribution < 1.29 is 31.1 Å². The molecule has 0 bridgehead atoms. The number of hydrogen-bond acceptors (Lipinski definition) is 7. The van der Waals surface area contributed by atoms with Crippen molar-refractivity contribution in [3.05, 3.63) is 48.5 Å². The van der Waals surface area contributed by atoms with Gasteiger partial charge in [0.15, 0.2) is 6.10 Å². The first-order valence-electron chi connectivity index (χ1n) is 9.66. The largest absolute Gasteiger partial charge is 0.492 e.